The number of carbonyl (C=O) groups is 2. The Kier molecular flexibility index (Phi) is 4.51. The second kappa shape index (κ2) is 7.30. The standard InChI is InChI=1S/C23H17FN4O6S/c24-13-5-7-15(8-6-13)35(33,34)25-12-14-11-20(25)21-22(29)27(23(30)26(14)21)18-9-10-19(28(31)32)17-4-2-1-3-16(17)18/h1-10,14,20-21H,11-12H2/t14-,20-,21+/m0/s1. The Labute approximate surface area is 198 Å². The maximum absolute atomic E-state index is 13.6. The van der Waals surface area contributed by atoms with Gasteiger partial charge in [0.05, 0.1) is 26.9 Å². The van der Waals surface area contributed by atoms with Gasteiger partial charge in [-0.05, 0) is 42.8 Å². The summed E-state index contributed by atoms with van der Waals surface area (Å²) >= 11 is 0. The molecule has 0 radical (unpaired) electrons. The molecule has 3 fully saturated rings. The highest BCUT2D eigenvalue weighted by molar-refractivity contribution is 7.89. The molecule has 3 atom stereocenters. The van der Waals surface area contributed by atoms with E-state index in [-0.39, 0.29) is 28.2 Å². The quantitative estimate of drug-likeness (QED) is 0.311. The molecule has 3 heterocycles. The van der Waals surface area contributed by atoms with Crippen LogP contribution >= 0.6 is 0 Å². The number of nitrogens with zero attached hydrogens (tertiary/aromatic N) is 4. The lowest BCUT2D eigenvalue weighted by molar-refractivity contribution is -0.383. The van der Waals surface area contributed by atoms with Crippen LogP contribution in [0.15, 0.2) is 65.6 Å². The monoisotopic (exact) mass is 496 g/mol. The van der Waals surface area contributed by atoms with Crippen LogP contribution in [0.5, 0.6) is 0 Å². The molecule has 3 aliphatic rings. The lowest BCUT2D eigenvalue weighted by Gasteiger charge is -2.34. The number of fused-ring (bicyclic) bond motifs is 6. The normalized spacial score (nSPS) is 24.0. The van der Waals surface area contributed by atoms with Crippen LogP contribution in [0.2, 0.25) is 0 Å². The number of non-ortho nitro benzene ring substituents is 1. The highest BCUT2D eigenvalue weighted by Crippen LogP contribution is 2.45. The molecular formula is C23H17FN4O6S. The summed E-state index contributed by atoms with van der Waals surface area (Å²) in [6.45, 7) is 0.0226. The van der Waals surface area contributed by atoms with Crippen molar-refractivity contribution in [2.75, 3.05) is 11.4 Å². The molecule has 35 heavy (non-hydrogen) atoms. The van der Waals surface area contributed by atoms with Gasteiger partial charge in [0.1, 0.15) is 11.9 Å². The number of halogens is 1. The number of amides is 3. The van der Waals surface area contributed by atoms with Crippen LogP contribution in [-0.2, 0) is 14.8 Å². The van der Waals surface area contributed by atoms with Crippen LogP contribution in [0.4, 0.5) is 20.6 Å². The maximum Gasteiger partial charge on any atom is 0.332 e. The van der Waals surface area contributed by atoms with Gasteiger partial charge in [0, 0.05) is 24.0 Å². The number of piperazine rings is 1. The lowest BCUT2D eigenvalue weighted by Crippen LogP contribution is -2.54. The maximum atomic E-state index is 13.6. The molecule has 0 saturated carbocycles. The van der Waals surface area contributed by atoms with E-state index in [1.54, 1.807) is 24.3 Å². The fraction of sp³-hybridized carbons (Fsp3) is 0.217. The van der Waals surface area contributed by atoms with Crippen LogP contribution < -0.4 is 4.90 Å². The molecule has 0 spiro atoms. The Morgan fingerprint density at radius 1 is 0.971 bits per heavy atom. The molecule has 178 valence electrons. The van der Waals surface area contributed by atoms with Crippen LogP contribution in [0.1, 0.15) is 6.42 Å². The van der Waals surface area contributed by atoms with E-state index in [9.17, 15) is 32.5 Å². The minimum Gasteiger partial charge on any atom is -0.306 e. The average Bonchev–Trinajstić information content (AvgIpc) is 3.50. The van der Waals surface area contributed by atoms with Crippen molar-refractivity contribution in [3.63, 3.8) is 0 Å². The number of rotatable bonds is 4. The molecule has 3 aromatic rings. The molecule has 3 aromatic carbocycles. The summed E-state index contributed by atoms with van der Waals surface area (Å²) < 4.78 is 41.0. The van der Waals surface area contributed by atoms with E-state index < -0.39 is 50.8 Å². The van der Waals surface area contributed by atoms with E-state index in [0.717, 1.165) is 17.0 Å². The van der Waals surface area contributed by atoms with Crippen LogP contribution in [0.25, 0.3) is 10.8 Å². The Bertz CT molecular complexity index is 1540. The molecule has 0 N–H and O–H groups in total. The predicted octanol–water partition coefficient (Wildman–Crippen LogP) is 2.87. The minimum atomic E-state index is -4.01. The number of nitro benzene ring substituents is 1. The van der Waals surface area contributed by atoms with Gasteiger partial charge >= 0.3 is 6.03 Å². The van der Waals surface area contributed by atoms with Gasteiger partial charge in [-0.2, -0.15) is 4.31 Å². The zero-order valence-corrected chi connectivity index (χ0v) is 18.8. The van der Waals surface area contributed by atoms with Gasteiger partial charge in [-0.1, -0.05) is 18.2 Å². The van der Waals surface area contributed by atoms with Gasteiger partial charge in [-0.3, -0.25) is 14.9 Å². The van der Waals surface area contributed by atoms with Gasteiger partial charge in [-0.15, -0.1) is 0 Å². The summed E-state index contributed by atoms with van der Waals surface area (Å²) in [7, 11) is -4.01. The first-order chi connectivity index (χ1) is 16.7. The summed E-state index contributed by atoms with van der Waals surface area (Å²) in [6, 6.07) is 10.7. The largest absolute Gasteiger partial charge is 0.332 e. The Morgan fingerprint density at radius 2 is 1.66 bits per heavy atom. The first-order valence-corrected chi connectivity index (χ1v) is 12.2. The molecule has 0 unspecified atom stereocenters. The number of anilines is 1. The minimum absolute atomic E-state index is 0.0226. The number of carbonyl (C=O) groups excluding carboxylic acids is 2. The van der Waals surface area contributed by atoms with Gasteiger partial charge < -0.3 is 4.90 Å². The Morgan fingerprint density at radius 3 is 2.34 bits per heavy atom. The van der Waals surface area contributed by atoms with E-state index in [1.165, 1.54) is 33.5 Å². The molecule has 2 bridgehead atoms. The van der Waals surface area contributed by atoms with E-state index in [4.69, 9.17) is 0 Å². The third-order valence-electron chi connectivity index (χ3n) is 6.95. The van der Waals surface area contributed by atoms with Crippen molar-refractivity contribution in [3.8, 4) is 0 Å². The fourth-order valence-electron chi connectivity index (χ4n) is 5.48. The van der Waals surface area contributed by atoms with Gasteiger partial charge in [0.15, 0.2) is 0 Å². The van der Waals surface area contributed by atoms with Crippen LogP contribution in [0, 0.1) is 15.9 Å². The second-order valence-corrected chi connectivity index (χ2v) is 10.6. The van der Waals surface area contributed by atoms with E-state index in [2.05, 4.69) is 0 Å². The predicted molar refractivity (Wildman–Crippen MR) is 122 cm³/mol. The third-order valence-corrected chi connectivity index (χ3v) is 8.86. The number of nitro groups is 1. The smallest absolute Gasteiger partial charge is 0.306 e. The van der Waals surface area contributed by atoms with Gasteiger partial charge in [0.2, 0.25) is 10.0 Å². The van der Waals surface area contributed by atoms with Gasteiger partial charge in [0.25, 0.3) is 11.6 Å². The molecule has 0 aliphatic carbocycles. The molecule has 3 aliphatic heterocycles. The molecule has 0 aromatic heterocycles. The molecule has 10 nitrogen and oxygen atoms in total. The molecular weight excluding hydrogens is 479 g/mol. The lowest BCUT2D eigenvalue weighted by atomic mass is 10.1. The van der Waals surface area contributed by atoms with E-state index in [1.807, 2.05) is 0 Å². The van der Waals surface area contributed by atoms with E-state index >= 15 is 0 Å². The highest BCUT2D eigenvalue weighted by Gasteiger charge is 2.64. The average molecular weight is 496 g/mol. The highest BCUT2D eigenvalue weighted by atomic mass is 32.2. The van der Waals surface area contributed by atoms with Crippen molar-refractivity contribution in [3.05, 3.63) is 76.6 Å². The summed E-state index contributed by atoms with van der Waals surface area (Å²) in [4.78, 5) is 40.2. The number of imide groups is 1. The first kappa shape index (κ1) is 21.6. The number of hydrogen-bond donors (Lipinski definition) is 0. The second-order valence-electron chi connectivity index (χ2n) is 8.70. The number of hydrogen-bond acceptors (Lipinski definition) is 6. The Hall–Kier alpha value is -3.90. The summed E-state index contributed by atoms with van der Waals surface area (Å²) in [6.07, 6.45) is 0.317. The van der Waals surface area contributed by atoms with Crippen LogP contribution in [-0.4, -0.2) is 59.2 Å². The zero-order chi connectivity index (χ0) is 24.6. The molecule has 3 amide bonds. The summed E-state index contributed by atoms with van der Waals surface area (Å²) in [5, 5.41) is 12.1. The summed E-state index contributed by atoms with van der Waals surface area (Å²) in [5.41, 5.74) is 0.0588. The number of urea groups is 1. The topological polar surface area (TPSA) is 121 Å². The molecule has 6 rings (SSSR count). The van der Waals surface area contributed by atoms with Crippen molar-refractivity contribution in [2.45, 2.75) is 29.4 Å². The SMILES string of the molecule is O=C1[C@H]2[C@@H]3C[C@@H](CN3S(=O)(=O)c3ccc(F)cc3)N2C(=O)N1c1ccc([N+](=O)[O-])c2ccccc12. The van der Waals surface area contributed by atoms with Crippen molar-refractivity contribution in [2.24, 2.45) is 0 Å². The number of benzene rings is 3. The Balaban J connectivity index is 1.39. The van der Waals surface area contributed by atoms with Crippen molar-refractivity contribution in [1.82, 2.24) is 9.21 Å². The van der Waals surface area contributed by atoms with Crippen LogP contribution in [0.3, 0.4) is 0 Å². The summed E-state index contributed by atoms with van der Waals surface area (Å²) in [5.74, 6) is -1.15. The fourth-order valence-corrected chi connectivity index (χ4v) is 7.15. The van der Waals surface area contributed by atoms with Crippen molar-refractivity contribution in [1.29, 1.82) is 0 Å². The third kappa shape index (κ3) is 2.93. The van der Waals surface area contributed by atoms with E-state index in [0.29, 0.717) is 11.8 Å². The first-order valence-electron chi connectivity index (χ1n) is 10.8. The number of sulfonamides is 1. The van der Waals surface area contributed by atoms with Gasteiger partial charge in [-0.25, -0.2) is 22.5 Å². The van der Waals surface area contributed by atoms with Crippen molar-refractivity contribution < 1.29 is 27.3 Å². The molecule has 3 saturated heterocycles. The molecule has 12 heteroatoms. The van der Waals surface area contributed by atoms with Crippen molar-refractivity contribution >= 4 is 44.1 Å². The zero-order valence-electron chi connectivity index (χ0n) is 17.9.